The second kappa shape index (κ2) is 6.25. The second-order valence-electron chi connectivity index (χ2n) is 6.05. The van der Waals surface area contributed by atoms with Gasteiger partial charge in [0.15, 0.2) is 0 Å². The highest BCUT2D eigenvalue weighted by atomic mass is 35.5. The lowest BCUT2D eigenvalue weighted by Crippen LogP contribution is -2.47. The molecule has 3 nitrogen and oxygen atoms in total. The number of rotatable bonds is 1. The van der Waals surface area contributed by atoms with E-state index in [0.717, 1.165) is 37.9 Å². The molecule has 2 aliphatic heterocycles. The van der Waals surface area contributed by atoms with Gasteiger partial charge in [0.25, 0.3) is 0 Å². The van der Waals surface area contributed by atoms with Crippen molar-refractivity contribution in [3.63, 3.8) is 0 Å². The molecule has 1 saturated carbocycles. The third-order valence-corrected chi connectivity index (χ3v) is 4.90. The average molecular weight is 273 g/mol. The number of piperidine rings is 1. The highest BCUT2D eigenvalue weighted by Crippen LogP contribution is 2.36. The number of nitrogens with one attached hydrogen (secondary N) is 1. The Labute approximate surface area is 116 Å². The summed E-state index contributed by atoms with van der Waals surface area (Å²) in [5, 5.41) is 3.39. The molecule has 1 amide bonds. The Hall–Kier alpha value is -0.280. The molecule has 1 aliphatic carbocycles. The molecule has 3 aliphatic rings. The van der Waals surface area contributed by atoms with Crippen molar-refractivity contribution in [3.8, 4) is 0 Å². The number of fused-ring (bicyclic) bond motifs is 1. The first-order chi connectivity index (χ1) is 8.34. The first-order valence-electron chi connectivity index (χ1n) is 7.37. The van der Waals surface area contributed by atoms with E-state index in [0.29, 0.717) is 5.91 Å². The normalized spacial score (nSPS) is 35.8. The van der Waals surface area contributed by atoms with Gasteiger partial charge >= 0.3 is 0 Å². The van der Waals surface area contributed by atoms with Gasteiger partial charge in [-0.05, 0) is 44.1 Å². The van der Waals surface area contributed by atoms with Gasteiger partial charge in [-0.15, -0.1) is 12.4 Å². The third-order valence-electron chi connectivity index (χ3n) is 4.90. The Bertz CT molecular complexity index is 278. The molecule has 3 fully saturated rings. The average Bonchev–Trinajstić information content (AvgIpc) is 2.82. The molecule has 2 heterocycles. The fourth-order valence-corrected chi connectivity index (χ4v) is 3.87. The van der Waals surface area contributed by atoms with Crippen LogP contribution in [0.5, 0.6) is 0 Å². The molecule has 0 bridgehead atoms. The van der Waals surface area contributed by atoms with E-state index < -0.39 is 0 Å². The van der Waals surface area contributed by atoms with Crippen LogP contribution >= 0.6 is 12.4 Å². The van der Waals surface area contributed by atoms with Gasteiger partial charge in [-0.25, -0.2) is 0 Å². The molecule has 0 aromatic rings. The summed E-state index contributed by atoms with van der Waals surface area (Å²) in [5.41, 5.74) is 0. The topological polar surface area (TPSA) is 32.3 Å². The molecule has 1 N–H and O–H groups in total. The summed E-state index contributed by atoms with van der Waals surface area (Å²) in [6, 6.07) is 0.129. The summed E-state index contributed by atoms with van der Waals surface area (Å²) in [6.07, 6.45) is 8.96. The molecule has 104 valence electrons. The van der Waals surface area contributed by atoms with Crippen LogP contribution in [0, 0.1) is 11.8 Å². The quantitative estimate of drug-likeness (QED) is 0.794. The van der Waals surface area contributed by atoms with Crippen LogP contribution in [0.3, 0.4) is 0 Å². The maximum atomic E-state index is 12.4. The van der Waals surface area contributed by atoms with Crippen LogP contribution < -0.4 is 5.32 Å². The van der Waals surface area contributed by atoms with E-state index in [1.165, 1.54) is 38.5 Å². The molecule has 0 aromatic heterocycles. The summed E-state index contributed by atoms with van der Waals surface area (Å²) >= 11 is 0. The predicted molar refractivity (Wildman–Crippen MR) is 74.9 cm³/mol. The molecule has 3 unspecified atom stereocenters. The molecule has 3 atom stereocenters. The number of hydrogen-bond acceptors (Lipinski definition) is 2. The van der Waals surface area contributed by atoms with E-state index in [1.54, 1.807) is 0 Å². The van der Waals surface area contributed by atoms with E-state index in [1.807, 2.05) is 0 Å². The molecule has 3 rings (SSSR count). The Kier molecular flexibility index (Phi) is 4.91. The van der Waals surface area contributed by atoms with Crippen LogP contribution in [0.25, 0.3) is 0 Å². The highest BCUT2D eigenvalue weighted by molar-refractivity contribution is 5.85. The molecular formula is C14H25ClN2O. The molecule has 0 spiro atoms. The lowest BCUT2D eigenvalue weighted by molar-refractivity contribution is -0.133. The lowest BCUT2D eigenvalue weighted by Gasteiger charge is -2.27. The fraction of sp³-hybridized carbons (Fsp3) is 0.929. The van der Waals surface area contributed by atoms with Crippen molar-refractivity contribution >= 4 is 18.3 Å². The summed E-state index contributed by atoms with van der Waals surface area (Å²) in [6.45, 7) is 3.11. The van der Waals surface area contributed by atoms with Crippen LogP contribution in [-0.2, 0) is 4.79 Å². The summed E-state index contributed by atoms with van der Waals surface area (Å²) < 4.78 is 0. The summed E-state index contributed by atoms with van der Waals surface area (Å²) in [4.78, 5) is 14.6. The zero-order valence-electron chi connectivity index (χ0n) is 11.1. The van der Waals surface area contributed by atoms with E-state index in [-0.39, 0.29) is 18.4 Å². The van der Waals surface area contributed by atoms with Crippen molar-refractivity contribution in [3.05, 3.63) is 0 Å². The number of hydrogen-bond donors (Lipinski definition) is 1. The Morgan fingerprint density at radius 2 is 1.56 bits per heavy atom. The minimum Gasteiger partial charge on any atom is -0.341 e. The Morgan fingerprint density at radius 3 is 2.11 bits per heavy atom. The van der Waals surface area contributed by atoms with E-state index in [9.17, 15) is 4.79 Å². The minimum atomic E-state index is 0. The van der Waals surface area contributed by atoms with Crippen molar-refractivity contribution in [2.24, 2.45) is 11.8 Å². The third kappa shape index (κ3) is 2.83. The van der Waals surface area contributed by atoms with Crippen LogP contribution in [0.1, 0.15) is 44.9 Å². The molecule has 4 heteroatoms. The SMILES string of the molecule is Cl.O=C(C1CCCCN1)N1CC2CCCCC2C1. The number of nitrogens with zero attached hydrogens (tertiary/aromatic N) is 1. The number of amides is 1. The largest absolute Gasteiger partial charge is 0.341 e. The monoisotopic (exact) mass is 272 g/mol. The maximum absolute atomic E-state index is 12.4. The van der Waals surface area contributed by atoms with Gasteiger partial charge in [-0.1, -0.05) is 19.3 Å². The van der Waals surface area contributed by atoms with Crippen LogP contribution in [0.4, 0.5) is 0 Å². The van der Waals surface area contributed by atoms with Gasteiger partial charge in [-0.3, -0.25) is 4.79 Å². The molecule has 18 heavy (non-hydrogen) atoms. The molecule has 0 radical (unpaired) electrons. The summed E-state index contributed by atoms with van der Waals surface area (Å²) in [5.74, 6) is 2.02. The highest BCUT2D eigenvalue weighted by Gasteiger charge is 2.38. The van der Waals surface area contributed by atoms with Crippen molar-refractivity contribution in [2.75, 3.05) is 19.6 Å². The van der Waals surface area contributed by atoms with Crippen molar-refractivity contribution in [1.82, 2.24) is 10.2 Å². The first kappa shape index (κ1) is 14.1. The van der Waals surface area contributed by atoms with Crippen molar-refractivity contribution < 1.29 is 4.79 Å². The second-order valence-corrected chi connectivity index (χ2v) is 6.05. The van der Waals surface area contributed by atoms with Gasteiger partial charge in [0, 0.05) is 13.1 Å². The number of carbonyl (C=O) groups is 1. The van der Waals surface area contributed by atoms with Crippen LogP contribution in [-0.4, -0.2) is 36.5 Å². The predicted octanol–water partition coefficient (Wildman–Crippen LogP) is 2.20. The van der Waals surface area contributed by atoms with Gasteiger partial charge < -0.3 is 10.2 Å². The molecular weight excluding hydrogens is 248 g/mol. The Morgan fingerprint density at radius 1 is 0.944 bits per heavy atom. The van der Waals surface area contributed by atoms with Crippen molar-refractivity contribution in [2.45, 2.75) is 51.0 Å². The van der Waals surface area contributed by atoms with Gasteiger partial charge in [0.2, 0.25) is 5.91 Å². The molecule has 2 saturated heterocycles. The van der Waals surface area contributed by atoms with E-state index >= 15 is 0 Å². The number of halogens is 1. The van der Waals surface area contributed by atoms with Crippen molar-refractivity contribution in [1.29, 1.82) is 0 Å². The standard InChI is InChI=1S/C14H24N2O.ClH/c17-14(13-7-3-4-8-15-13)16-9-11-5-1-2-6-12(11)10-16;/h11-13,15H,1-10H2;1H. The Balaban J connectivity index is 0.00000120. The van der Waals surface area contributed by atoms with Gasteiger partial charge in [0.05, 0.1) is 6.04 Å². The van der Waals surface area contributed by atoms with E-state index in [4.69, 9.17) is 0 Å². The van der Waals surface area contributed by atoms with Crippen LogP contribution in [0.2, 0.25) is 0 Å². The van der Waals surface area contributed by atoms with Gasteiger partial charge in [0.1, 0.15) is 0 Å². The summed E-state index contributed by atoms with van der Waals surface area (Å²) in [7, 11) is 0. The molecule has 0 aromatic carbocycles. The number of likely N-dealkylation sites (tertiary alicyclic amines) is 1. The minimum absolute atomic E-state index is 0. The van der Waals surface area contributed by atoms with Crippen LogP contribution in [0.15, 0.2) is 0 Å². The van der Waals surface area contributed by atoms with Gasteiger partial charge in [-0.2, -0.15) is 0 Å². The zero-order valence-corrected chi connectivity index (χ0v) is 11.9. The van der Waals surface area contributed by atoms with E-state index in [2.05, 4.69) is 10.2 Å². The first-order valence-corrected chi connectivity index (χ1v) is 7.37. The maximum Gasteiger partial charge on any atom is 0.239 e. The smallest absolute Gasteiger partial charge is 0.239 e. The zero-order chi connectivity index (χ0) is 11.7. The lowest BCUT2D eigenvalue weighted by atomic mass is 9.82. The number of carbonyl (C=O) groups excluding carboxylic acids is 1. The fourth-order valence-electron chi connectivity index (χ4n) is 3.87.